The van der Waals surface area contributed by atoms with Crippen LogP contribution in [0.15, 0.2) is 30.7 Å². The Morgan fingerprint density at radius 3 is 2.95 bits per heavy atom. The number of nitrogens with zero attached hydrogens (tertiary/aromatic N) is 4. The Morgan fingerprint density at radius 1 is 1.38 bits per heavy atom. The molecule has 0 fully saturated rings. The summed E-state index contributed by atoms with van der Waals surface area (Å²) in [4.78, 5) is 24.2. The van der Waals surface area contributed by atoms with Crippen LogP contribution in [0.1, 0.15) is 10.4 Å². The van der Waals surface area contributed by atoms with Gasteiger partial charge in [0.2, 0.25) is 5.28 Å². The Bertz CT molecular complexity index is 844. The van der Waals surface area contributed by atoms with Crippen LogP contribution in [0.3, 0.4) is 0 Å². The summed E-state index contributed by atoms with van der Waals surface area (Å²) < 4.78 is 6.64. The highest BCUT2D eigenvalue weighted by Gasteiger charge is 2.20. The molecule has 0 saturated heterocycles. The fourth-order valence-electron chi connectivity index (χ4n) is 2.23. The molecule has 7 heteroatoms. The van der Waals surface area contributed by atoms with Crippen LogP contribution in [0.2, 0.25) is 5.28 Å². The van der Waals surface area contributed by atoms with Crippen LogP contribution in [0.25, 0.3) is 22.3 Å². The Kier molecular flexibility index (Phi) is 3.31. The summed E-state index contributed by atoms with van der Waals surface area (Å²) in [5.74, 6) is -0.512. The third-order valence-electron chi connectivity index (χ3n) is 3.15. The zero-order valence-corrected chi connectivity index (χ0v) is 12.1. The predicted octanol–water partition coefficient (Wildman–Crippen LogP) is 2.47. The van der Waals surface area contributed by atoms with E-state index in [0.717, 1.165) is 16.6 Å². The number of methoxy groups -OCH3 is 1. The fraction of sp³-hybridized carbons (Fsp3) is 0.143. The maximum Gasteiger partial charge on any atom is 0.341 e. The summed E-state index contributed by atoms with van der Waals surface area (Å²) >= 11 is 5.88. The second kappa shape index (κ2) is 5.14. The maximum absolute atomic E-state index is 11.9. The Labute approximate surface area is 125 Å². The molecule has 6 nitrogen and oxygen atoms in total. The van der Waals surface area contributed by atoms with Gasteiger partial charge in [0.15, 0.2) is 0 Å². The number of ether oxygens (including phenoxy) is 1. The minimum absolute atomic E-state index is 0.0681. The molecule has 0 aromatic carbocycles. The highest BCUT2D eigenvalue weighted by atomic mass is 35.5. The average molecular weight is 303 g/mol. The number of hydrogen-bond donors (Lipinski definition) is 0. The van der Waals surface area contributed by atoms with Gasteiger partial charge in [0.05, 0.1) is 12.8 Å². The van der Waals surface area contributed by atoms with E-state index in [-0.39, 0.29) is 10.8 Å². The van der Waals surface area contributed by atoms with Crippen molar-refractivity contribution in [1.82, 2.24) is 19.5 Å². The van der Waals surface area contributed by atoms with Crippen molar-refractivity contribution in [3.05, 3.63) is 41.6 Å². The molecule has 3 heterocycles. The Balaban J connectivity index is 2.32. The van der Waals surface area contributed by atoms with Crippen molar-refractivity contribution in [1.29, 1.82) is 0 Å². The van der Waals surface area contributed by atoms with Gasteiger partial charge in [-0.2, -0.15) is 0 Å². The van der Waals surface area contributed by atoms with Crippen molar-refractivity contribution in [2.45, 2.75) is 0 Å². The van der Waals surface area contributed by atoms with Crippen LogP contribution in [0, 0.1) is 0 Å². The van der Waals surface area contributed by atoms with Gasteiger partial charge >= 0.3 is 5.97 Å². The van der Waals surface area contributed by atoms with Gasteiger partial charge in [0, 0.05) is 36.6 Å². The van der Waals surface area contributed by atoms with E-state index in [4.69, 9.17) is 16.3 Å². The lowest BCUT2D eigenvalue weighted by Crippen LogP contribution is -2.06. The molecule has 0 unspecified atom stereocenters. The number of aryl methyl sites for hydroxylation is 1. The van der Waals surface area contributed by atoms with Gasteiger partial charge in [0.25, 0.3) is 0 Å². The lowest BCUT2D eigenvalue weighted by atomic mass is 10.1. The average Bonchev–Trinajstić information content (AvgIpc) is 2.84. The summed E-state index contributed by atoms with van der Waals surface area (Å²) in [5.41, 5.74) is 2.24. The van der Waals surface area contributed by atoms with Gasteiger partial charge in [-0.1, -0.05) is 0 Å². The quantitative estimate of drug-likeness (QED) is 0.537. The second-order valence-electron chi connectivity index (χ2n) is 4.42. The highest BCUT2D eigenvalue weighted by molar-refractivity contribution is 6.28. The number of hydrogen-bond acceptors (Lipinski definition) is 5. The molecule has 3 aromatic rings. The van der Waals surface area contributed by atoms with Crippen molar-refractivity contribution in [2.24, 2.45) is 7.05 Å². The van der Waals surface area contributed by atoms with Gasteiger partial charge in [-0.15, -0.1) is 0 Å². The first-order valence-electron chi connectivity index (χ1n) is 6.13. The van der Waals surface area contributed by atoms with Crippen molar-refractivity contribution in [3.63, 3.8) is 0 Å². The van der Waals surface area contributed by atoms with E-state index in [1.54, 1.807) is 6.20 Å². The fourth-order valence-corrected chi connectivity index (χ4v) is 2.36. The van der Waals surface area contributed by atoms with Crippen LogP contribution >= 0.6 is 11.6 Å². The van der Waals surface area contributed by atoms with Gasteiger partial charge in [0.1, 0.15) is 11.2 Å². The molecule has 0 amide bonds. The minimum atomic E-state index is -0.512. The molecule has 0 aliphatic carbocycles. The first-order valence-corrected chi connectivity index (χ1v) is 6.51. The zero-order chi connectivity index (χ0) is 15.0. The lowest BCUT2D eigenvalue weighted by molar-refractivity contribution is 0.0601. The van der Waals surface area contributed by atoms with Crippen molar-refractivity contribution >= 4 is 28.6 Å². The molecule has 0 bridgehead atoms. The van der Waals surface area contributed by atoms with Crippen molar-refractivity contribution < 1.29 is 9.53 Å². The maximum atomic E-state index is 11.9. The number of rotatable bonds is 2. The van der Waals surface area contributed by atoms with Gasteiger partial charge < -0.3 is 9.30 Å². The smallest absolute Gasteiger partial charge is 0.341 e. The third kappa shape index (κ3) is 2.23. The van der Waals surface area contributed by atoms with E-state index in [9.17, 15) is 4.79 Å². The molecule has 0 atom stereocenters. The van der Waals surface area contributed by atoms with Crippen LogP contribution in [-0.4, -0.2) is 32.6 Å². The van der Waals surface area contributed by atoms with E-state index in [0.29, 0.717) is 5.69 Å². The minimum Gasteiger partial charge on any atom is -0.465 e. The van der Waals surface area contributed by atoms with Crippen molar-refractivity contribution in [3.8, 4) is 11.3 Å². The Morgan fingerprint density at radius 2 is 2.19 bits per heavy atom. The van der Waals surface area contributed by atoms with Crippen LogP contribution in [0.4, 0.5) is 0 Å². The molecular weight excluding hydrogens is 292 g/mol. The van der Waals surface area contributed by atoms with E-state index in [1.807, 2.05) is 29.9 Å². The summed E-state index contributed by atoms with van der Waals surface area (Å²) in [6, 6.07) is 3.74. The van der Waals surface area contributed by atoms with E-state index >= 15 is 0 Å². The Hall–Kier alpha value is -2.47. The molecule has 0 aliphatic rings. The largest absolute Gasteiger partial charge is 0.465 e. The predicted molar refractivity (Wildman–Crippen MR) is 78.1 cm³/mol. The molecule has 106 valence electrons. The number of pyridine rings is 1. The molecule has 0 aliphatic heterocycles. The van der Waals surface area contributed by atoms with Crippen LogP contribution < -0.4 is 0 Å². The molecule has 21 heavy (non-hydrogen) atoms. The van der Waals surface area contributed by atoms with Crippen LogP contribution in [-0.2, 0) is 11.8 Å². The number of carbonyl (C=O) groups excluding carboxylic acids is 1. The summed E-state index contributed by atoms with van der Waals surface area (Å²) in [5, 5.41) is 0.943. The molecular formula is C14H11ClN4O2. The standard InChI is InChI=1S/C14H11ClN4O2/c1-19-7-10(8-4-3-5-16-12(8)19)11-9(13(20)21-2)6-17-14(15)18-11/h3-7H,1-2H3. The summed E-state index contributed by atoms with van der Waals surface area (Å²) in [7, 11) is 3.19. The zero-order valence-electron chi connectivity index (χ0n) is 11.4. The molecule has 3 rings (SSSR count). The topological polar surface area (TPSA) is 69.9 Å². The number of aromatic nitrogens is 4. The third-order valence-corrected chi connectivity index (χ3v) is 3.34. The van der Waals surface area contributed by atoms with Gasteiger partial charge in [-0.3, -0.25) is 0 Å². The molecule has 0 N–H and O–H groups in total. The van der Waals surface area contributed by atoms with Gasteiger partial charge in [-0.05, 0) is 23.7 Å². The first kappa shape index (κ1) is 13.5. The molecule has 0 radical (unpaired) electrons. The van der Waals surface area contributed by atoms with E-state index < -0.39 is 5.97 Å². The lowest BCUT2D eigenvalue weighted by Gasteiger charge is -2.05. The number of fused-ring (bicyclic) bond motifs is 1. The monoisotopic (exact) mass is 302 g/mol. The first-order chi connectivity index (χ1) is 10.1. The van der Waals surface area contributed by atoms with Crippen LogP contribution in [0.5, 0.6) is 0 Å². The molecule has 3 aromatic heterocycles. The van der Waals surface area contributed by atoms with Gasteiger partial charge in [-0.25, -0.2) is 19.7 Å². The highest BCUT2D eigenvalue weighted by Crippen LogP contribution is 2.30. The second-order valence-corrected chi connectivity index (χ2v) is 4.76. The van der Waals surface area contributed by atoms with E-state index in [2.05, 4.69) is 15.0 Å². The molecule has 0 saturated carbocycles. The SMILES string of the molecule is COC(=O)c1cnc(Cl)nc1-c1cn(C)c2ncccc12. The number of halogens is 1. The summed E-state index contributed by atoms with van der Waals surface area (Å²) in [6.45, 7) is 0. The number of esters is 1. The number of carbonyl (C=O) groups is 1. The van der Waals surface area contributed by atoms with Crippen molar-refractivity contribution in [2.75, 3.05) is 7.11 Å². The van der Waals surface area contributed by atoms with E-state index in [1.165, 1.54) is 13.3 Å². The molecule has 0 spiro atoms. The normalized spacial score (nSPS) is 10.8. The summed E-state index contributed by atoms with van der Waals surface area (Å²) in [6.07, 6.45) is 4.93.